The molecule has 26 heavy (non-hydrogen) atoms. The van der Waals surface area contributed by atoms with Crippen LogP contribution >= 0.6 is 0 Å². The van der Waals surface area contributed by atoms with E-state index in [0.29, 0.717) is 0 Å². The molecule has 0 radical (unpaired) electrons. The first kappa shape index (κ1) is 17.2. The number of ether oxygens (including phenoxy) is 2. The fourth-order valence-electron chi connectivity index (χ4n) is 2.13. The molecule has 8 heteroatoms. The third-order valence-electron chi connectivity index (χ3n) is 3.48. The Labute approximate surface area is 146 Å². The van der Waals surface area contributed by atoms with Crippen molar-refractivity contribution in [2.45, 2.75) is 0 Å². The number of hydrogen-bond donors (Lipinski definition) is 4. The van der Waals surface area contributed by atoms with Crippen molar-refractivity contribution < 1.29 is 28.5 Å². The molecule has 0 aliphatic rings. The number of nitrogen functional groups attached to an aromatic ring is 2. The van der Waals surface area contributed by atoms with Crippen molar-refractivity contribution in [1.82, 2.24) is 0 Å². The van der Waals surface area contributed by atoms with Gasteiger partial charge in [-0.1, -0.05) is 6.07 Å². The number of benzene rings is 3. The van der Waals surface area contributed by atoms with Gasteiger partial charge in [0.2, 0.25) is 11.6 Å². The molecule has 0 heterocycles. The Bertz CT molecular complexity index is 905. The van der Waals surface area contributed by atoms with Gasteiger partial charge >= 0.3 is 0 Å². The Morgan fingerprint density at radius 1 is 0.692 bits per heavy atom. The van der Waals surface area contributed by atoms with Crippen LogP contribution in [0.2, 0.25) is 0 Å². The molecule has 3 aromatic carbocycles. The molecule has 0 aliphatic carbocycles. The molecule has 0 atom stereocenters. The van der Waals surface area contributed by atoms with E-state index >= 15 is 0 Å². The van der Waals surface area contributed by atoms with Gasteiger partial charge in [-0.05, 0) is 36.4 Å². The Morgan fingerprint density at radius 3 is 1.54 bits per heavy atom. The normalized spacial score (nSPS) is 10.5. The van der Waals surface area contributed by atoms with Crippen LogP contribution in [-0.4, -0.2) is 10.2 Å². The van der Waals surface area contributed by atoms with Crippen LogP contribution in [0.4, 0.5) is 20.2 Å². The minimum atomic E-state index is -1.01. The number of aromatic hydroxyl groups is 2. The quantitative estimate of drug-likeness (QED) is 0.411. The lowest BCUT2D eigenvalue weighted by Crippen LogP contribution is -1.94. The lowest BCUT2D eigenvalue weighted by molar-refractivity contribution is 0.389. The first-order valence-electron chi connectivity index (χ1n) is 7.36. The van der Waals surface area contributed by atoms with Crippen LogP contribution in [0.3, 0.4) is 0 Å². The lowest BCUT2D eigenvalue weighted by Gasteiger charge is -2.12. The number of phenols is 2. The van der Waals surface area contributed by atoms with E-state index in [9.17, 15) is 19.0 Å². The summed E-state index contributed by atoms with van der Waals surface area (Å²) in [6.45, 7) is 0. The molecular formula is C18H14F2N2O4. The molecule has 3 aromatic rings. The van der Waals surface area contributed by atoms with Crippen molar-refractivity contribution in [1.29, 1.82) is 0 Å². The van der Waals surface area contributed by atoms with E-state index in [1.165, 1.54) is 48.5 Å². The van der Waals surface area contributed by atoms with Crippen LogP contribution in [0, 0.1) is 11.6 Å². The SMILES string of the molecule is Nc1ccc(Oc2cccc(Oc3ccc(N)c(O)c3F)c2)c(F)c1O. The molecule has 134 valence electrons. The summed E-state index contributed by atoms with van der Waals surface area (Å²) in [4.78, 5) is 0. The summed E-state index contributed by atoms with van der Waals surface area (Å²) >= 11 is 0. The largest absolute Gasteiger partial charge is 0.503 e. The number of rotatable bonds is 4. The molecule has 6 N–H and O–H groups in total. The molecule has 0 spiro atoms. The van der Waals surface area contributed by atoms with E-state index < -0.39 is 23.1 Å². The van der Waals surface area contributed by atoms with E-state index in [2.05, 4.69) is 0 Å². The number of hydrogen-bond acceptors (Lipinski definition) is 6. The zero-order valence-electron chi connectivity index (χ0n) is 13.2. The Hall–Kier alpha value is -3.68. The van der Waals surface area contributed by atoms with Gasteiger partial charge in [0.15, 0.2) is 23.0 Å². The van der Waals surface area contributed by atoms with Crippen LogP contribution in [-0.2, 0) is 0 Å². The van der Waals surface area contributed by atoms with Gasteiger partial charge in [-0.15, -0.1) is 0 Å². The van der Waals surface area contributed by atoms with Gasteiger partial charge in [-0.2, -0.15) is 8.78 Å². The average molecular weight is 360 g/mol. The Kier molecular flexibility index (Phi) is 4.40. The van der Waals surface area contributed by atoms with Gasteiger partial charge in [0.25, 0.3) is 0 Å². The maximum Gasteiger partial charge on any atom is 0.209 e. The lowest BCUT2D eigenvalue weighted by atomic mass is 10.2. The van der Waals surface area contributed by atoms with Crippen molar-refractivity contribution in [3.05, 3.63) is 60.2 Å². The summed E-state index contributed by atoms with van der Waals surface area (Å²) in [6, 6.07) is 11.0. The standard InChI is InChI=1S/C18H14F2N2O4/c19-15-13(6-4-11(21)17(15)23)25-9-2-1-3-10(8-9)26-14-7-5-12(22)18(24)16(14)20/h1-8,23-24H,21-22H2. The first-order chi connectivity index (χ1) is 12.4. The summed E-state index contributed by atoms with van der Waals surface area (Å²) < 4.78 is 38.6. The summed E-state index contributed by atoms with van der Waals surface area (Å²) in [7, 11) is 0. The zero-order chi connectivity index (χ0) is 18.8. The molecule has 6 nitrogen and oxygen atoms in total. The third-order valence-corrected chi connectivity index (χ3v) is 3.48. The highest BCUT2D eigenvalue weighted by atomic mass is 19.1. The minimum Gasteiger partial charge on any atom is -0.503 e. The zero-order valence-corrected chi connectivity index (χ0v) is 13.2. The highest BCUT2D eigenvalue weighted by molar-refractivity contribution is 5.57. The van der Waals surface area contributed by atoms with Gasteiger partial charge in [0.05, 0.1) is 11.4 Å². The van der Waals surface area contributed by atoms with Gasteiger partial charge < -0.3 is 31.2 Å². The van der Waals surface area contributed by atoms with E-state index in [1.807, 2.05) is 0 Å². The summed E-state index contributed by atoms with van der Waals surface area (Å²) in [5.41, 5.74) is 10.6. The van der Waals surface area contributed by atoms with Crippen molar-refractivity contribution in [3.63, 3.8) is 0 Å². The fraction of sp³-hybridized carbons (Fsp3) is 0. The number of anilines is 2. The summed E-state index contributed by atoms with van der Waals surface area (Å²) in [5.74, 6) is -3.59. The van der Waals surface area contributed by atoms with Crippen LogP contribution in [0.5, 0.6) is 34.5 Å². The van der Waals surface area contributed by atoms with Crippen LogP contribution in [0.25, 0.3) is 0 Å². The van der Waals surface area contributed by atoms with Crippen molar-refractivity contribution >= 4 is 11.4 Å². The van der Waals surface area contributed by atoms with Gasteiger partial charge in [-0.3, -0.25) is 0 Å². The molecule has 3 rings (SSSR count). The fourth-order valence-corrected chi connectivity index (χ4v) is 2.13. The van der Waals surface area contributed by atoms with Gasteiger partial charge in [0, 0.05) is 6.07 Å². The highest BCUT2D eigenvalue weighted by Gasteiger charge is 2.15. The van der Waals surface area contributed by atoms with Gasteiger partial charge in [-0.25, -0.2) is 0 Å². The van der Waals surface area contributed by atoms with Crippen molar-refractivity contribution in [3.8, 4) is 34.5 Å². The van der Waals surface area contributed by atoms with E-state index in [0.717, 1.165) is 0 Å². The van der Waals surface area contributed by atoms with Crippen LogP contribution in [0.1, 0.15) is 0 Å². The monoisotopic (exact) mass is 360 g/mol. The summed E-state index contributed by atoms with van der Waals surface area (Å²) in [6.07, 6.45) is 0. The maximum atomic E-state index is 14.0. The minimum absolute atomic E-state index is 0.120. The first-order valence-corrected chi connectivity index (χ1v) is 7.36. The molecule has 0 aliphatic heterocycles. The molecule has 0 saturated heterocycles. The molecule has 0 unspecified atom stereocenters. The molecule has 0 aromatic heterocycles. The second-order valence-corrected chi connectivity index (χ2v) is 5.31. The third kappa shape index (κ3) is 3.25. The average Bonchev–Trinajstić information content (AvgIpc) is 2.63. The van der Waals surface area contributed by atoms with E-state index in [1.54, 1.807) is 0 Å². The molecule has 0 amide bonds. The second kappa shape index (κ2) is 6.67. The van der Waals surface area contributed by atoms with Crippen LogP contribution in [0.15, 0.2) is 48.5 Å². The molecule has 0 fully saturated rings. The van der Waals surface area contributed by atoms with Gasteiger partial charge in [0.1, 0.15) is 11.5 Å². The molecule has 0 saturated carbocycles. The predicted octanol–water partition coefficient (Wildman–Crippen LogP) is 4.13. The number of nitrogens with two attached hydrogens (primary N) is 2. The highest BCUT2D eigenvalue weighted by Crippen LogP contribution is 2.37. The second-order valence-electron chi connectivity index (χ2n) is 5.31. The Morgan fingerprint density at radius 2 is 1.12 bits per heavy atom. The predicted molar refractivity (Wildman–Crippen MR) is 91.5 cm³/mol. The number of halogens is 2. The topological polar surface area (TPSA) is 111 Å². The summed E-state index contributed by atoms with van der Waals surface area (Å²) in [5, 5.41) is 19.0. The number of phenolic OH excluding ortho intramolecular Hbond substituents is 2. The van der Waals surface area contributed by atoms with E-state index in [-0.39, 0.29) is 34.4 Å². The van der Waals surface area contributed by atoms with Crippen molar-refractivity contribution in [2.24, 2.45) is 0 Å². The molecule has 0 bridgehead atoms. The molecular weight excluding hydrogens is 346 g/mol. The smallest absolute Gasteiger partial charge is 0.209 e. The maximum absolute atomic E-state index is 14.0. The van der Waals surface area contributed by atoms with Crippen molar-refractivity contribution in [2.75, 3.05) is 11.5 Å². The van der Waals surface area contributed by atoms with E-state index in [4.69, 9.17) is 20.9 Å². The van der Waals surface area contributed by atoms with Crippen LogP contribution < -0.4 is 20.9 Å². The Balaban J connectivity index is 1.85.